The summed E-state index contributed by atoms with van der Waals surface area (Å²) in [5, 5.41) is 15.2. The van der Waals surface area contributed by atoms with E-state index < -0.39 is 4.92 Å². The van der Waals surface area contributed by atoms with E-state index in [1.54, 1.807) is 24.4 Å². The molecule has 3 aromatic rings. The van der Waals surface area contributed by atoms with Crippen LogP contribution in [0.4, 0.5) is 23.0 Å². The summed E-state index contributed by atoms with van der Waals surface area (Å²) in [6.45, 7) is 2.99. The standard InChI is InChI=1S/C23H25ClN8O3/c1-30-7-9-31(10-8-30)19-12-21(35-2)18(11-20(19)32(33)34)28-23-27-14-16(24)22(29-23)15(13-25)17-5-3-4-6-26-17/h3-6,11-14H,7-10,25H2,1-2H3,(H,27,28,29). The first-order valence-electron chi connectivity index (χ1n) is 10.8. The summed E-state index contributed by atoms with van der Waals surface area (Å²) in [5.74, 6) is 0.587. The van der Waals surface area contributed by atoms with Crippen LogP contribution >= 0.6 is 11.6 Å². The Hall–Kier alpha value is -3.96. The molecule has 0 bridgehead atoms. The minimum absolute atomic E-state index is 0.0388. The van der Waals surface area contributed by atoms with Gasteiger partial charge in [-0.05, 0) is 19.2 Å². The highest BCUT2D eigenvalue weighted by Gasteiger charge is 2.26. The summed E-state index contributed by atoms with van der Waals surface area (Å²) < 4.78 is 5.55. The second-order valence-electron chi connectivity index (χ2n) is 7.90. The number of rotatable bonds is 7. The van der Waals surface area contributed by atoms with E-state index in [9.17, 15) is 10.1 Å². The molecule has 3 heterocycles. The van der Waals surface area contributed by atoms with E-state index in [1.165, 1.54) is 25.6 Å². The lowest BCUT2D eigenvalue weighted by molar-refractivity contribution is -0.384. The van der Waals surface area contributed by atoms with E-state index in [-0.39, 0.29) is 16.7 Å². The highest BCUT2D eigenvalue weighted by molar-refractivity contribution is 6.32. The molecule has 1 aromatic carbocycles. The molecule has 12 heteroatoms. The number of pyridine rings is 1. The first-order valence-corrected chi connectivity index (χ1v) is 11.2. The molecule has 1 saturated heterocycles. The molecule has 1 aliphatic heterocycles. The number of methoxy groups -OCH3 is 1. The molecule has 1 aliphatic rings. The molecule has 0 aliphatic carbocycles. The van der Waals surface area contributed by atoms with Gasteiger partial charge in [0.2, 0.25) is 5.95 Å². The Labute approximate surface area is 207 Å². The van der Waals surface area contributed by atoms with Crippen molar-refractivity contribution in [1.82, 2.24) is 19.9 Å². The van der Waals surface area contributed by atoms with Crippen molar-refractivity contribution in [2.45, 2.75) is 0 Å². The number of likely N-dealkylation sites (N-methyl/N-ethyl adjacent to an activating group) is 1. The zero-order chi connectivity index (χ0) is 24.9. The van der Waals surface area contributed by atoms with Crippen LogP contribution in [0, 0.1) is 10.1 Å². The van der Waals surface area contributed by atoms with Gasteiger partial charge in [0.15, 0.2) is 0 Å². The SMILES string of the molecule is COc1cc(N2CCN(C)CC2)c([N+](=O)[O-])cc1Nc1ncc(Cl)c(C(=CN)c2ccccn2)n1. The van der Waals surface area contributed by atoms with Crippen molar-refractivity contribution in [3.63, 3.8) is 0 Å². The van der Waals surface area contributed by atoms with Gasteiger partial charge >= 0.3 is 0 Å². The summed E-state index contributed by atoms with van der Waals surface area (Å²) in [6, 6.07) is 8.50. The van der Waals surface area contributed by atoms with E-state index in [4.69, 9.17) is 22.1 Å². The number of nitrogens with one attached hydrogen (secondary N) is 1. The van der Waals surface area contributed by atoms with E-state index in [2.05, 4.69) is 25.2 Å². The van der Waals surface area contributed by atoms with Gasteiger partial charge in [-0.15, -0.1) is 0 Å². The predicted molar refractivity (Wildman–Crippen MR) is 135 cm³/mol. The third-order valence-corrected chi connectivity index (χ3v) is 5.97. The average molecular weight is 497 g/mol. The van der Waals surface area contributed by atoms with Crippen LogP contribution in [0.1, 0.15) is 11.4 Å². The Morgan fingerprint density at radius 2 is 2.03 bits per heavy atom. The van der Waals surface area contributed by atoms with Crippen LogP contribution in [-0.2, 0) is 0 Å². The number of benzene rings is 1. The highest BCUT2D eigenvalue weighted by Crippen LogP contribution is 2.39. The second kappa shape index (κ2) is 10.5. The zero-order valence-electron chi connectivity index (χ0n) is 19.3. The number of piperazine rings is 1. The molecular formula is C23H25ClN8O3. The summed E-state index contributed by atoms with van der Waals surface area (Å²) in [6.07, 6.45) is 4.44. The van der Waals surface area contributed by atoms with Crippen LogP contribution in [0.25, 0.3) is 5.57 Å². The van der Waals surface area contributed by atoms with Crippen molar-refractivity contribution in [1.29, 1.82) is 0 Å². The Morgan fingerprint density at radius 1 is 1.26 bits per heavy atom. The van der Waals surface area contributed by atoms with Crippen LogP contribution in [0.15, 0.2) is 48.9 Å². The van der Waals surface area contributed by atoms with Gasteiger partial charge in [-0.25, -0.2) is 9.97 Å². The molecule has 35 heavy (non-hydrogen) atoms. The molecular weight excluding hydrogens is 472 g/mol. The summed E-state index contributed by atoms with van der Waals surface area (Å²) in [7, 11) is 3.53. The fourth-order valence-electron chi connectivity index (χ4n) is 3.82. The lowest BCUT2D eigenvalue weighted by Gasteiger charge is -2.34. The van der Waals surface area contributed by atoms with Gasteiger partial charge in [-0.3, -0.25) is 15.1 Å². The average Bonchev–Trinajstić information content (AvgIpc) is 2.87. The van der Waals surface area contributed by atoms with Crippen molar-refractivity contribution in [3.8, 4) is 5.75 Å². The van der Waals surface area contributed by atoms with Gasteiger partial charge < -0.3 is 25.6 Å². The van der Waals surface area contributed by atoms with Crippen molar-refractivity contribution >= 4 is 40.2 Å². The zero-order valence-corrected chi connectivity index (χ0v) is 20.1. The molecule has 4 rings (SSSR count). The molecule has 0 saturated carbocycles. The summed E-state index contributed by atoms with van der Waals surface area (Å²) in [5.41, 5.74) is 8.15. The number of halogens is 1. The molecule has 0 amide bonds. The number of ether oxygens (including phenoxy) is 1. The maximum Gasteiger partial charge on any atom is 0.294 e. The monoisotopic (exact) mass is 496 g/mol. The lowest BCUT2D eigenvalue weighted by Crippen LogP contribution is -2.44. The number of nitro benzene ring substituents is 1. The number of nitrogens with two attached hydrogens (primary N) is 1. The molecule has 11 nitrogen and oxygen atoms in total. The first-order chi connectivity index (χ1) is 16.9. The van der Waals surface area contributed by atoms with Crippen molar-refractivity contribution < 1.29 is 9.66 Å². The van der Waals surface area contributed by atoms with Crippen LogP contribution in [0.5, 0.6) is 5.75 Å². The maximum absolute atomic E-state index is 11.9. The first kappa shape index (κ1) is 24.2. The minimum Gasteiger partial charge on any atom is -0.494 e. The van der Waals surface area contributed by atoms with Crippen molar-refractivity contribution in [2.75, 3.05) is 50.6 Å². The summed E-state index contributed by atoms with van der Waals surface area (Å²) in [4.78, 5) is 28.8. The normalized spacial score (nSPS) is 14.6. The quantitative estimate of drug-likeness (QED) is 0.370. The van der Waals surface area contributed by atoms with Crippen LogP contribution in [0.2, 0.25) is 5.02 Å². The molecule has 0 atom stereocenters. The molecule has 182 valence electrons. The number of nitro groups is 1. The van der Waals surface area contributed by atoms with Crippen molar-refractivity contribution in [2.24, 2.45) is 5.73 Å². The number of hydrogen-bond acceptors (Lipinski definition) is 10. The molecule has 0 radical (unpaired) electrons. The third-order valence-electron chi connectivity index (χ3n) is 5.69. The molecule has 3 N–H and O–H groups in total. The van der Waals surface area contributed by atoms with Crippen LogP contribution < -0.4 is 20.7 Å². The fourth-order valence-corrected chi connectivity index (χ4v) is 4.01. The Morgan fingerprint density at radius 3 is 2.66 bits per heavy atom. The lowest BCUT2D eigenvalue weighted by atomic mass is 10.1. The van der Waals surface area contributed by atoms with Gasteiger partial charge in [0.25, 0.3) is 5.69 Å². The largest absolute Gasteiger partial charge is 0.494 e. The van der Waals surface area contributed by atoms with Gasteiger partial charge in [-0.2, -0.15) is 0 Å². The fraction of sp³-hybridized carbons (Fsp3) is 0.261. The number of anilines is 3. The van der Waals surface area contributed by atoms with Gasteiger partial charge in [-0.1, -0.05) is 17.7 Å². The van der Waals surface area contributed by atoms with Gasteiger partial charge in [0.1, 0.15) is 11.4 Å². The minimum atomic E-state index is -0.400. The topological polar surface area (TPSA) is 136 Å². The van der Waals surface area contributed by atoms with Crippen molar-refractivity contribution in [3.05, 3.63) is 75.5 Å². The van der Waals surface area contributed by atoms with Crippen LogP contribution in [-0.4, -0.2) is 65.1 Å². The third kappa shape index (κ3) is 5.26. The van der Waals surface area contributed by atoms with E-state index in [1.807, 2.05) is 18.0 Å². The van der Waals surface area contributed by atoms with Gasteiger partial charge in [0, 0.05) is 56.3 Å². The number of aromatic nitrogens is 3. The smallest absolute Gasteiger partial charge is 0.294 e. The number of hydrogen-bond donors (Lipinski definition) is 2. The summed E-state index contributed by atoms with van der Waals surface area (Å²) >= 11 is 6.37. The second-order valence-corrected chi connectivity index (χ2v) is 8.31. The Balaban J connectivity index is 1.70. The predicted octanol–water partition coefficient (Wildman–Crippen LogP) is 3.29. The maximum atomic E-state index is 11.9. The Kier molecular flexibility index (Phi) is 7.28. The van der Waals surface area contributed by atoms with Crippen LogP contribution in [0.3, 0.4) is 0 Å². The molecule has 2 aromatic heterocycles. The highest BCUT2D eigenvalue weighted by atomic mass is 35.5. The van der Waals surface area contributed by atoms with E-state index in [0.29, 0.717) is 47.2 Å². The van der Waals surface area contributed by atoms with Gasteiger partial charge in [0.05, 0.1) is 40.3 Å². The molecule has 0 spiro atoms. The molecule has 1 fully saturated rings. The molecule has 0 unspecified atom stereocenters. The number of nitrogens with zero attached hydrogens (tertiary/aromatic N) is 6. The van der Waals surface area contributed by atoms with E-state index >= 15 is 0 Å². The Bertz CT molecular complexity index is 1250. The van der Waals surface area contributed by atoms with E-state index in [0.717, 1.165) is 13.1 Å².